The molecule has 1 aromatic carbocycles. The van der Waals surface area contributed by atoms with Gasteiger partial charge in [-0.25, -0.2) is 4.99 Å². The molecule has 6 nitrogen and oxygen atoms in total. The zero-order valence-electron chi connectivity index (χ0n) is 12.6. The first-order chi connectivity index (χ1) is 10.4. The van der Waals surface area contributed by atoms with Crippen molar-refractivity contribution < 1.29 is 4.84 Å². The molecule has 22 heavy (non-hydrogen) atoms. The Hall–Kier alpha value is -1.44. The quantitative estimate of drug-likeness (QED) is 0.612. The number of aliphatic imine (C=N–C) groups is 2. The normalized spacial score (nSPS) is 17.1. The molecule has 0 fully saturated rings. The Balaban J connectivity index is 1.77. The third kappa shape index (κ3) is 4.28. The van der Waals surface area contributed by atoms with Crippen molar-refractivity contribution in [3.8, 4) is 0 Å². The number of nitrogens with zero attached hydrogens (tertiary/aromatic N) is 3. The van der Waals surface area contributed by atoms with Crippen molar-refractivity contribution in [1.82, 2.24) is 5.06 Å². The fourth-order valence-electron chi connectivity index (χ4n) is 1.98. The van der Waals surface area contributed by atoms with Crippen LogP contribution in [0.5, 0.6) is 0 Å². The van der Waals surface area contributed by atoms with Crippen molar-refractivity contribution in [2.24, 2.45) is 21.5 Å². The summed E-state index contributed by atoms with van der Waals surface area (Å²) >= 11 is 7.81. The number of hydrogen-bond donors (Lipinski definition) is 2. The van der Waals surface area contributed by atoms with Gasteiger partial charge in [0.05, 0.1) is 11.6 Å². The van der Waals surface area contributed by atoms with Gasteiger partial charge in [-0.15, -0.1) is 11.8 Å². The Bertz CT molecular complexity index is 590. The van der Waals surface area contributed by atoms with Crippen LogP contribution in [0.4, 0.5) is 0 Å². The Morgan fingerprint density at radius 2 is 2.05 bits per heavy atom. The first-order valence-corrected chi connectivity index (χ1v) is 8.26. The molecule has 8 heteroatoms. The first kappa shape index (κ1) is 16.9. The summed E-state index contributed by atoms with van der Waals surface area (Å²) in [6, 6.07) is 7.78. The van der Waals surface area contributed by atoms with Crippen LogP contribution in [0.15, 0.2) is 39.1 Å². The highest BCUT2D eigenvalue weighted by molar-refractivity contribution is 7.99. The number of benzene rings is 1. The van der Waals surface area contributed by atoms with Crippen LogP contribution in [0.25, 0.3) is 0 Å². The van der Waals surface area contributed by atoms with Gasteiger partial charge in [0.15, 0.2) is 5.66 Å². The molecule has 0 aromatic heterocycles. The number of halogens is 1. The van der Waals surface area contributed by atoms with Gasteiger partial charge >= 0.3 is 0 Å². The van der Waals surface area contributed by atoms with E-state index in [1.807, 2.05) is 38.1 Å². The predicted molar refractivity (Wildman–Crippen MR) is 91.9 cm³/mol. The van der Waals surface area contributed by atoms with E-state index < -0.39 is 5.66 Å². The van der Waals surface area contributed by atoms with Crippen LogP contribution in [0.3, 0.4) is 0 Å². The minimum absolute atomic E-state index is 0.164. The molecule has 0 radical (unpaired) electrons. The first-order valence-electron chi connectivity index (χ1n) is 6.90. The van der Waals surface area contributed by atoms with Crippen molar-refractivity contribution in [2.75, 3.05) is 12.4 Å². The summed E-state index contributed by atoms with van der Waals surface area (Å²) in [5.74, 6) is 1.27. The minimum atomic E-state index is -0.661. The van der Waals surface area contributed by atoms with Gasteiger partial charge in [0.1, 0.15) is 0 Å². The fraction of sp³-hybridized carbons (Fsp3) is 0.429. The lowest BCUT2D eigenvalue weighted by atomic mass is 10.2. The van der Waals surface area contributed by atoms with Gasteiger partial charge < -0.3 is 11.5 Å². The highest BCUT2D eigenvalue weighted by Crippen LogP contribution is 2.27. The molecule has 4 N–H and O–H groups in total. The van der Waals surface area contributed by atoms with E-state index in [2.05, 4.69) is 9.98 Å². The van der Waals surface area contributed by atoms with Gasteiger partial charge in [-0.05, 0) is 32.4 Å². The van der Waals surface area contributed by atoms with Crippen LogP contribution in [-0.4, -0.2) is 35.0 Å². The van der Waals surface area contributed by atoms with Gasteiger partial charge in [-0.3, -0.25) is 4.84 Å². The highest BCUT2D eigenvalue weighted by atomic mass is 35.5. The Morgan fingerprint density at radius 1 is 1.32 bits per heavy atom. The predicted octanol–water partition coefficient (Wildman–Crippen LogP) is 2.43. The van der Waals surface area contributed by atoms with Crippen LogP contribution in [0.2, 0.25) is 5.02 Å². The zero-order valence-corrected chi connectivity index (χ0v) is 14.2. The second-order valence-electron chi connectivity index (χ2n) is 5.19. The average Bonchev–Trinajstić information content (AvgIpc) is 2.42. The van der Waals surface area contributed by atoms with Crippen molar-refractivity contribution in [1.29, 1.82) is 0 Å². The molecule has 0 saturated carbocycles. The third-order valence-corrected chi connectivity index (χ3v) is 4.53. The van der Waals surface area contributed by atoms with E-state index in [-0.39, 0.29) is 11.9 Å². The number of guanidine groups is 2. The lowest BCUT2D eigenvalue weighted by Gasteiger charge is -2.36. The molecule has 0 aliphatic carbocycles. The van der Waals surface area contributed by atoms with Gasteiger partial charge in [0, 0.05) is 10.6 Å². The van der Waals surface area contributed by atoms with Crippen molar-refractivity contribution in [3.63, 3.8) is 0 Å². The second-order valence-corrected chi connectivity index (χ2v) is 6.74. The molecule has 1 aliphatic heterocycles. The van der Waals surface area contributed by atoms with Gasteiger partial charge in [-0.1, -0.05) is 23.7 Å². The van der Waals surface area contributed by atoms with Crippen LogP contribution < -0.4 is 11.5 Å². The second kappa shape index (κ2) is 7.21. The highest BCUT2D eigenvalue weighted by Gasteiger charge is 2.32. The van der Waals surface area contributed by atoms with Gasteiger partial charge in [-0.2, -0.15) is 10.1 Å². The molecule has 0 unspecified atom stereocenters. The van der Waals surface area contributed by atoms with E-state index in [1.54, 1.807) is 11.8 Å². The van der Waals surface area contributed by atoms with Crippen LogP contribution in [0, 0.1) is 0 Å². The summed E-state index contributed by atoms with van der Waals surface area (Å²) in [5, 5.41) is 2.26. The van der Waals surface area contributed by atoms with Crippen molar-refractivity contribution >= 4 is 35.3 Å². The SMILES string of the molecule is CC1(C)N=C(N)N=C(N)N1OCCCSc1ccccc1Cl. The van der Waals surface area contributed by atoms with Crippen molar-refractivity contribution in [3.05, 3.63) is 29.3 Å². The van der Waals surface area contributed by atoms with Crippen molar-refractivity contribution in [2.45, 2.75) is 30.8 Å². The number of hydroxylamine groups is 2. The number of nitrogens with two attached hydrogens (primary N) is 2. The fourth-order valence-corrected chi connectivity index (χ4v) is 3.14. The lowest BCUT2D eigenvalue weighted by molar-refractivity contribution is -0.156. The van der Waals surface area contributed by atoms with E-state index in [9.17, 15) is 0 Å². The summed E-state index contributed by atoms with van der Waals surface area (Å²) in [6.45, 7) is 4.23. The molecular formula is C14H20ClN5OS. The van der Waals surface area contributed by atoms with E-state index >= 15 is 0 Å². The maximum absolute atomic E-state index is 6.11. The number of rotatable bonds is 6. The molecule has 0 atom stereocenters. The number of hydrogen-bond acceptors (Lipinski definition) is 7. The Labute approximate surface area is 139 Å². The smallest absolute Gasteiger partial charge is 0.226 e. The number of thioether (sulfide) groups is 1. The molecule has 0 amide bonds. The van der Waals surface area contributed by atoms with E-state index in [0.717, 1.165) is 22.1 Å². The van der Waals surface area contributed by atoms with Crippen LogP contribution in [0.1, 0.15) is 20.3 Å². The molecule has 0 spiro atoms. The van der Waals surface area contributed by atoms with Gasteiger partial charge in [0.2, 0.25) is 11.9 Å². The molecule has 120 valence electrons. The zero-order chi connectivity index (χ0) is 16.2. The maximum Gasteiger partial charge on any atom is 0.226 e. The summed E-state index contributed by atoms with van der Waals surface area (Å²) in [6.07, 6.45) is 0.842. The molecule has 2 rings (SSSR count). The van der Waals surface area contributed by atoms with Crippen LogP contribution in [-0.2, 0) is 4.84 Å². The third-order valence-electron chi connectivity index (χ3n) is 2.93. The molecule has 1 aliphatic rings. The average molecular weight is 342 g/mol. The minimum Gasteiger partial charge on any atom is -0.368 e. The van der Waals surface area contributed by atoms with E-state index in [4.69, 9.17) is 27.9 Å². The maximum atomic E-state index is 6.11. The lowest BCUT2D eigenvalue weighted by Crippen LogP contribution is -2.53. The topological polar surface area (TPSA) is 89.2 Å². The summed E-state index contributed by atoms with van der Waals surface area (Å²) < 4.78 is 0. The standard InChI is InChI=1S/C14H20ClN5OS/c1-14(2)19-12(16)18-13(17)20(14)21-8-5-9-22-11-7-4-3-6-10(11)15/h3-4,6-7H,5,8-9H2,1-2H3,(H4,16,17,18,19). The van der Waals surface area contributed by atoms with E-state index in [1.165, 1.54) is 5.06 Å². The van der Waals surface area contributed by atoms with Gasteiger partial charge in [0.25, 0.3) is 0 Å². The molecule has 1 aromatic rings. The molecule has 0 saturated heterocycles. The van der Waals surface area contributed by atoms with Crippen LogP contribution >= 0.6 is 23.4 Å². The Kier molecular flexibility index (Phi) is 5.55. The molecule has 0 bridgehead atoms. The monoisotopic (exact) mass is 341 g/mol. The molecular weight excluding hydrogens is 322 g/mol. The summed E-state index contributed by atoms with van der Waals surface area (Å²) in [4.78, 5) is 14.9. The largest absolute Gasteiger partial charge is 0.368 e. The summed E-state index contributed by atoms with van der Waals surface area (Å²) in [5.41, 5.74) is 10.8. The van der Waals surface area contributed by atoms with E-state index in [0.29, 0.717) is 6.61 Å². The Morgan fingerprint density at radius 3 is 2.73 bits per heavy atom. The molecule has 1 heterocycles. The summed E-state index contributed by atoms with van der Waals surface area (Å²) in [7, 11) is 0.